The molecule has 0 unspecified atom stereocenters. The molecule has 2 aromatic carbocycles. The van der Waals surface area contributed by atoms with Gasteiger partial charge in [-0.1, -0.05) is 26.2 Å². The molecule has 8 nitrogen and oxygen atoms in total. The summed E-state index contributed by atoms with van der Waals surface area (Å²) < 4.78 is 25.2. The van der Waals surface area contributed by atoms with Crippen LogP contribution in [0, 0.1) is 0 Å². The summed E-state index contributed by atoms with van der Waals surface area (Å²) in [7, 11) is 1.60. The van der Waals surface area contributed by atoms with E-state index in [0.29, 0.717) is 24.7 Å². The molecule has 176 valence electrons. The molecule has 9 heteroatoms. The molecule has 3 rings (SSSR count). The number of methoxy groups -OCH3 is 1. The van der Waals surface area contributed by atoms with Crippen LogP contribution in [0.3, 0.4) is 0 Å². The zero-order valence-electron chi connectivity index (χ0n) is 18.9. The molecule has 33 heavy (non-hydrogen) atoms. The smallest absolute Gasteiger partial charge is 0.175 e. The van der Waals surface area contributed by atoms with Gasteiger partial charge in [-0.15, -0.1) is 10.2 Å². The van der Waals surface area contributed by atoms with Gasteiger partial charge in [-0.2, -0.15) is 5.10 Å². The summed E-state index contributed by atoms with van der Waals surface area (Å²) in [6.07, 6.45) is 9.47. The first kappa shape index (κ1) is 24.6. The van der Waals surface area contributed by atoms with E-state index in [1.165, 1.54) is 36.6 Å². The Kier molecular flexibility index (Phi) is 10.0. The molecule has 1 heterocycles. The Morgan fingerprint density at radius 2 is 1.58 bits per heavy atom. The van der Waals surface area contributed by atoms with Crippen molar-refractivity contribution in [1.82, 2.24) is 14.9 Å². The van der Waals surface area contributed by atoms with Gasteiger partial charge in [0.25, 0.3) is 0 Å². The van der Waals surface area contributed by atoms with Crippen LogP contribution in [-0.2, 0) is 0 Å². The third kappa shape index (κ3) is 8.09. The minimum absolute atomic E-state index is 0.360. The van der Waals surface area contributed by atoms with E-state index in [-0.39, 0.29) is 0 Å². The minimum Gasteiger partial charge on any atom is -0.494 e. The summed E-state index contributed by atoms with van der Waals surface area (Å²) in [5.41, 5.74) is 0.837. The third-order valence-electron chi connectivity index (χ3n) is 4.69. The first-order chi connectivity index (χ1) is 16.2. The van der Waals surface area contributed by atoms with Gasteiger partial charge < -0.3 is 18.9 Å². The Morgan fingerprint density at radius 1 is 0.909 bits per heavy atom. The molecule has 0 saturated carbocycles. The number of aromatic nitrogens is 3. The monoisotopic (exact) mass is 516 g/mol. The lowest BCUT2D eigenvalue weighted by Gasteiger charge is -2.14. The van der Waals surface area contributed by atoms with Gasteiger partial charge in [-0.3, -0.25) is 0 Å². The van der Waals surface area contributed by atoms with Crippen molar-refractivity contribution in [3.05, 3.63) is 59.1 Å². The van der Waals surface area contributed by atoms with Gasteiger partial charge in [0.1, 0.15) is 37.4 Å². The molecular weight excluding hydrogens is 488 g/mol. The molecular formula is C24H29BrN4O4. The average Bonchev–Trinajstić information content (AvgIpc) is 3.35. The SMILES string of the molecule is CCCCCCOc1ccc(OCCOc2c(Br)cc(C=Nn3cnnc3)cc2OC)cc1. The fraction of sp³-hybridized carbons (Fsp3) is 0.375. The predicted octanol–water partition coefficient (Wildman–Crippen LogP) is 5.35. The van der Waals surface area contributed by atoms with E-state index in [2.05, 4.69) is 38.2 Å². The topological polar surface area (TPSA) is 80.0 Å². The summed E-state index contributed by atoms with van der Waals surface area (Å²) in [5.74, 6) is 2.82. The highest BCUT2D eigenvalue weighted by Gasteiger charge is 2.11. The van der Waals surface area contributed by atoms with Crippen molar-refractivity contribution in [1.29, 1.82) is 0 Å². The maximum absolute atomic E-state index is 5.90. The highest BCUT2D eigenvalue weighted by molar-refractivity contribution is 9.10. The van der Waals surface area contributed by atoms with E-state index in [0.717, 1.165) is 34.6 Å². The molecule has 0 N–H and O–H groups in total. The van der Waals surface area contributed by atoms with Crippen LogP contribution in [0.15, 0.2) is 58.6 Å². The second-order valence-corrected chi connectivity index (χ2v) is 8.05. The molecule has 0 aliphatic rings. The summed E-state index contributed by atoms with van der Waals surface area (Å²) in [5, 5.41) is 11.7. The van der Waals surface area contributed by atoms with E-state index in [1.807, 2.05) is 36.4 Å². The van der Waals surface area contributed by atoms with Gasteiger partial charge >= 0.3 is 0 Å². The summed E-state index contributed by atoms with van der Waals surface area (Å²) >= 11 is 3.54. The number of unbranched alkanes of at least 4 members (excludes halogenated alkanes) is 3. The van der Waals surface area contributed by atoms with Gasteiger partial charge in [-0.05, 0) is 64.3 Å². The maximum Gasteiger partial charge on any atom is 0.175 e. The van der Waals surface area contributed by atoms with Crippen LogP contribution in [0.4, 0.5) is 0 Å². The Morgan fingerprint density at radius 3 is 2.24 bits per heavy atom. The Labute approximate surface area is 202 Å². The molecule has 0 radical (unpaired) electrons. The predicted molar refractivity (Wildman–Crippen MR) is 131 cm³/mol. The van der Waals surface area contributed by atoms with E-state index < -0.39 is 0 Å². The number of halogens is 1. The first-order valence-electron chi connectivity index (χ1n) is 10.9. The highest BCUT2D eigenvalue weighted by atomic mass is 79.9. The van der Waals surface area contributed by atoms with Gasteiger partial charge in [0.15, 0.2) is 11.5 Å². The molecule has 0 bridgehead atoms. The van der Waals surface area contributed by atoms with Gasteiger partial charge in [0.05, 0.1) is 24.4 Å². The lowest BCUT2D eigenvalue weighted by Crippen LogP contribution is -2.10. The maximum atomic E-state index is 5.90. The van der Waals surface area contributed by atoms with Crippen molar-refractivity contribution < 1.29 is 18.9 Å². The van der Waals surface area contributed by atoms with Crippen molar-refractivity contribution in [2.24, 2.45) is 5.10 Å². The van der Waals surface area contributed by atoms with E-state index in [4.69, 9.17) is 18.9 Å². The molecule has 0 fully saturated rings. The highest BCUT2D eigenvalue weighted by Crippen LogP contribution is 2.36. The molecule has 0 aliphatic carbocycles. The summed E-state index contributed by atoms with van der Waals surface area (Å²) in [6, 6.07) is 11.4. The number of hydrogen-bond donors (Lipinski definition) is 0. The van der Waals surface area contributed by atoms with Crippen LogP contribution in [0.25, 0.3) is 0 Å². The van der Waals surface area contributed by atoms with Crippen molar-refractivity contribution in [2.45, 2.75) is 32.6 Å². The standard InChI is InChI=1S/C24H29BrN4O4/c1-3-4-5-6-11-31-20-7-9-21(10-8-20)32-12-13-33-24-22(25)14-19(15-23(24)30-2)16-28-29-17-26-27-18-29/h7-10,14-18H,3-6,11-13H2,1-2H3. The van der Waals surface area contributed by atoms with Crippen LogP contribution in [0.2, 0.25) is 0 Å². The first-order valence-corrected chi connectivity index (χ1v) is 11.7. The fourth-order valence-electron chi connectivity index (χ4n) is 3.00. The van der Waals surface area contributed by atoms with E-state index in [1.54, 1.807) is 13.3 Å². The van der Waals surface area contributed by atoms with Crippen molar-refractivity contribution in [2.75, 3.05) is 26.9 Å². The Bertz CT molecular complexity index is 994. The lowest BCUT2D eigenvalue weighted by atomic mass is 10.2. The second-order valence-electron chi connectivity index (χ2n) is 7.20. The normalized spacial score (nSPS) is 11.0. The third-order valence-corrected chi connectivity index (χ3v) is 5.28. The molecule has 0 spiro atoms. The molecule has 0 aliphatic heterocycles. The van der Waals surface area contributed by atoms with Gasteiger partial charge in [-0.25, -0.2) is 4.68 Å². The number of rotatable bonds is 14. The zero-order chi connectivity index (χ0) is 23.3. The molecule has 3 aromatic rings. The Balaban J connectivity index is 1.46. The van der Waals surface area contributed by atoms with Crippen molar-refractivity contribution in [3.63, 3.8) is 0 Å². The molecule has 0 saturated heterocycles. The molecule has 0 amide bonds. The van der Waals surface area contributed by atoms with Crippen LogP contribution >= 0.6 is 15.9 Å². The quantitative estimate of drug-likeness (QED) is 0.212. The van der Waals surface area contributed by atoms with Crippen molar-refractivity contribution in [3.8, 4) is 23.0 Å². The molecule has 0 atom stereocenters. The van der Waals surface area contributed by atoms with Crippen LogP contribution < -0.4 is 18.9 Å². The minimum atomic E-state index is 0.360. The van der Waals surface area contributed by atoms with Crippen LogP contribution in [-0.4, -0.2) is 48.0 Å². The number of nitrogens with zero attached hydrogens (tertiary/aromatic N) is 4. The zero-order valence-corrected chi connectivity index (χ0v) is 20.5. The van der Waals surface area contributed by atoms with Gasteiger partial charge in [0.2, 0.25) is 0 Å². The van der Waals surface area contributed by atoms with E-state index >= 15 is 0 Å². The summed E-state index contributed by atoms with van der Waals surface area (Å²) in [6.45, 7) is 3.70. The lowest BCUT2D eigenvalue weighted by molar-refractivity contribution is 0.210. The Hall–Kier alpha value is -3.07. The van der Waals surface area contributed by atoms with Crippen molar-refractivity contribution >= 4 is 22.1 Å². The molecule has 1 aromatic heterocycles. The van der Waals surface area contributed by atoms with Crippen LogP contribution in [0.1, 0.15) is 38.2 Å². The van der Waals surface area contributed by atoms with E-state index in [9.17, 15) is 0 Å². The fourth-order valence-corrected chi connectivity index (χ4v) is 3.57. The van der Waals surface area contributed by atoms with Crippen LogP contribution in [0.5, 0.6) is 23.0 Å². The van der Waals surface area contributed by atoms with Gasteiger partial charge in [0, 0.05) is 0 Å². The number of benzene rings is 2. The largest absolute Gasteiger partial charge is 0.494 e. The summed E-state index contributed by atoms with van der Waals surface area (Å²) in [4.78, 5) is 0. The second kappa shape index (κ2) is 13.5. The number of ether oxygens (including phenoxy) is 4. The number of hydrogen-bond acceptors (Lipinski definition) is 7. The average molecular weight is 517 g/mol.